The van der Waals surface area contributed by atoms with Gasteiger partial charge in [0.25, 0.3) is 0 Å². The smallest absolute Gasteiger partial charge is 0.371 e. The number of carbonyl (C=O) groups is 1. The van der Waals surface area contributed by atoms with Crippen molar-refractivity contribution in [3.63, 3.8) is 0 Å². The molecule has 2 rings (SSSR count). The summed E-state index contributed by atoms with van der Waals surface area (Å²) in [6.45, 7) is 2.51. The molecule has 6 heteroatoms. The third-order valence-corrected chi connectivity index (χ3v) is 2.61. The number of carboxylic acid groups (broad SMARTS) is 1. The van der Waals surface area contributed by atoms with Gasteiger partial charge in [-0.2, -0.15) is 5.10 Å². The first-order valence-corrected chi connectivity index (χ1v) is 5.12. The fraction of sp³-hybridized carbons (Fsp3) is 0.273. The number of rotatable bonds is 4. The normalized spacial score (nSPS) is 10.5. The summed E-state index contributed by atoms with van der Waals surface area (Å²) in [6.07, 6.45) is 1.77. The molecular weight excluding hydrogens is 222 g/mol. The lowest BCUT2D eigenvalue weighted by atomic mass is 10.2. The van der Waals surface area contributed by atoms with Crippen molar-refractivity contribution in [1.29, 1.82) is 0 Å². The van der Waals surface area contributed by atoms with Crippen molar-refractivity contribution >= 4 is 11.9 Å². The van der Waals surface area contributed by atoms with Crippen LogP contribution in [0.2, 0.25) is 0 Å². The van der Waals surface area contributed by atoms with Crippen molar-refractivity contribution in [1.82, 2.24) is 9.78 Å². The molecule has 0 amide bonds. The van der Waals surface area contributed by atoms with Crippen LogP contribution in [0.5, 0.6) is 0 Å². The van der Waals surface area contributed by atoms with Crippen LogP contribution in [0.25, 0.3) is 0 Å². The highest BCUT2D eigenvalue weighted by molar-refractivity contribution is 5.84. The Morgan fingerprint density at radius 1 is 1.59 bits per heavy atom. The van der Waals surface area contributed by atoms with Crippen LogP contribution in [0.3, 0.4) is 0 Å². The molecule has 0 unspecified atom stereocenters. The van der Waals surface area contributed by atoms with Crippen LogP contribution in [0.15, 0.2) is 22.7 Å². The van der Waals surface area contributed by atoms with Crippen molar-refractivity contribution in [2.24, 2.45) is 7.05 Å². The Kier molecular flexibility index (Phi) is 2.86. The van der Waals surface area contributed by atoms with Crippen molar-refractivity contribution in [3.8, 4) is 0 Å². The minimum atomic E-state index is -1.07. The van der Waals surface area contributed by atoms with Crippen molar-refractivity contribution in [2.45, 2.75) is 13.5 Å². The monoisotopic (exact) mass is 235 g/mol. The van der Waals surface area contributed by atoms with Gasteiger partial charge in [0.15, 0.2) is 5.88 Å². The van der Waals surface area contributed by atoms with Gasteiger partial charge in [0.05, 0.1) is 6.20 Å². The zero-order valence-corrected chi connectivity index (χ0v) is 9.60. The molecule has 0 aliphatic carbocycles. The van der Waals surface area contributed by atoms with Gasteiger partial charge in [-0.1, -0.05) is 0 Å². The highest BCUT2D eigenvalue weighted by Crippen LogP contribution is 2.15. The van der Waals surface area contributed by atoms with Crippen LogP contribution in [0, 0.1) is 6.92 Å². The summed E-state index contributed by atoms with van der Waals surface area (Å²) in [6, 6.07) is 3.01. The second-order valence-electron chi connectivity index (χ2n) is 3.70. The zero-order valence-electron chi connectivity index (χ0n) is 9.60. The van der Waals surface area contributed by atoms with Crippen molar-refractivity contribution in [3.05, 3.63) is 35.3 Å². The van der Waals surface area contributed by atoms with Crippen LogP contribution in [0.1, 0.15) is 21.8 Å². The number of furan rings is 1. The number of carboxylic acids is 1. The van der Waals surface area contributed by atoms with Gasteiger partial charge in [0, 0.05) is 30.9 Å². The second kappa shape index (κ2) is 4.32. The predicted molar refractivity (Wildman–Crippen MR) is 60.9 cm³/mol. The third-order valence-electron chi connectivity index (χ3n) is 2.61. The van der Waals surface area contributed by atoms with E-state index in [0.717, 1.165) is 11.3 Å². The van der Waals surface area contributed by atoms with E-state index in [4.69, 9.17) is 9.52 Å². The number of anilines is 1. The molecule has 6 nitrogen and oxygen atoms in total. The fourth-order valence-electron chi connectivity index (χ4n) is 1.45. The number of hydrogen-bond donors (Lipinski definition) is 2. The largest absolute Gasteiger partial charge is 0.475 e. The van der Waals surface area contributed by atoms with Gasteiger partial charge >= 0.3 is 5.97 Å². The summed E-state index contributed by atoms with van der Waals surface area (Å²) in [5, 5.41) is 15.8. The van der Waals surface area contributed by atoms with Gasteiger partial charge in [-0.15, -0.1) is 0 Å². The minimum absolute atomic E-state index is 0.0737. The molecule has 2 N–H and O–H groups in total. The predicted octanol–water partition coefficient (Wildman–Crippen LogP) is 1.63. The van der Waals surface area contributed by atoms with E-state index < -0.39 is 5.97 Å². The third kappa shape index (κ3) is 2.30. The standard InChI is InChI=1S/C11H13N3O3/c1-7-8(6-13-14(7)2)5-12-10-4-3-9(17-10)11(15)16/h3-4,6,12H,5H2,1-2H3,(H,15,16). The molecule has 2 aromatic heterocycles. The summed E-state index contributed by atoms with van der Waals surface area (Å²) < 4.78 is 6.86. The average molecular weight is 235 g/mol. The maximum atomic E-state index is 10.6. The van der Waals surface area contributed by atoms with Gasteiger partial charge in [0.2, 0.25) is 5.76 Å². The second-order valence-corrected chi connectivity index (χ2v) is 3.70. The Morgan fingerprint density at radius 3 is 2.88 bits per heavy atom. The van der Waals surface area contributed by atoms with E-state index in [1.165, 1.54) is 6.07 Å². The Balaban J connectivity index is 2.02. The molecule has 0 bridgehead atoms. The highest BCUT2D eigenvalue weighted by atomic mass is 16.4. The first kappa shape index (κ1) is 11.3. The van der Waals surface area contributed by atoms with Gasteiger partial charge in [0.1, 0.15) is 0 Å². The molecule has 90 valence electrons. The van der Waals surface area contributed by atoms with E-state index in [1.807, 2.05) is 14.0 Å². The summed E-state index contributed by atoms with van der Waals surface area (Å²) in [4.78, 5) is 10.6. The number of nitrogens with zero attached hydrogens (tertiary/aromatic N) is 2. The molecule has 0 spiro atoms. The molecule has 0 radical (unpaired) electrons. The van der Waals surface area contributed by atoms with E-state index in [0.29, 0.717) is 12.4 Å². The zero-order chi connectivity index (χ0) is 12.4. The van der Waals surface area contributed by atoms with Crippen LogP contribution in [-0.2, 0) is 13.6 Å². The van der Waals surface area contributed by atoms with Gasteiger partial charge < -0.3 is 14.8 Å². The van der Waals surface area contributed by atoms with E-state index in [2.05, 4.69) is 10.4 Å². The first-order valence-electron chi connectivity index (χ1n) is 5.12. The molecule has 0 fully saturated rings. The van der Waals surface area contributed by atoms with Gasteiger partial charge in [-0.25, -0.2) is 4.79 Å². The van der Waals surface area contributed by atoms with Crippen molar-refractivity contribution in [2.75, 3.05) is 5.32 Å². The number of hydrogen-bond acceptors (Lipinski definition) is 4. The van der Waals surface area contributed by atoms with Crippen LogP contribution in [0.4, 0.5) is 5.88 Å². The molecule has 2 aromatic rings. The minimum Gasteiger partial charge on any atom is -0.475 e. The molecular formula is C11H13N3O3. The van der Waals surface area contributed by atoms with Crippen molar-refractivity contribution < 1.29 is 14.3 Å². The van der Waals surface area contributed by atoms with Crippen LogP contribution < -0.4 is 5.32 Å². The first-order chi connectivity index (χ1) is 8.08. The summed E-state index contributed by atoms with van der Waals surface area (Å²) in [5.74, 6) is -0.711. The Labute approximate surface area is 97.9 Å². The van der Waals surface area contributed by atoms with Crippen LogP contribution in [-0.4, -0.2) is 20.9 Å². The van der Waals surface area contributed by atoms with Gasteiger partial charge in [-0.05, 0) is 13.0 Å². The molecule has 0 saturated heterocycles. The highest BCUT2D eigenvalue weighted by Gasteiger charge is 2.09. The molecule has 0 atom stereocenters. The van der Waals surface area contributed by atoms with Crippen LogP contribution >= 0.6 is 0 Å². The van der Waals surface area contributed by atoms with E-state index >= 15 is 0 Å². The molecule has 17 heavy (non-hydrogen) atoms. The molecule has 0 aromatic carbocycles. The topological polar surface area (TPSA) is 80.3 Å². The molecule has 0 saturated carbocycles. The molecule has 0 aliphatic rings. The maximum Gasteiger partial charge on any atom is 0.371 e. The summed E-state index contributed by atoms with van der Waals surface area (Å²) in [7, 11) is 1.87. The summed E-state index contributed by atoms with van der Waals surface area (Å²) in [5.41, 5.74) is 2.10. The SMILES string of the molecule is Cc1c(CNc2ccc(C(=O)O)o2)cnn1C. The lowest BCUT2D eigenvalue weighted by Gasteiger charge is -2.02. The fourth-order valence-corrected chi connectivity index (χ4v) is 1.45. The molecule has 2 heterocycles. The quantitative estimate of drug-likeness (QED) is 0.841. The van der Waals surface area contributed by atoms with E-state index in [-0.39, 0.29) is 5.76 Å². The lowest BCUT2D eigenvalue weighted by molar-refractivity contribution is 0.0663. The van der Waals surface area contributed by atoms with E-state index in [9.17, 15) is 4.79 Å². The number of aromatic carboxylic acids is 1. The lowest BCUT2D eigenvalue weighted by Crippen LogP contribution is -2.00. The number of aromatic nitrogens is 2. The Bertz CT molecular complexity index is 542. The number of nitrogens with one attached hydrogen (secondary N) is 1. The maximum absolute atomic E-state index is 10.6. The van der Waals surface area contributed by atoms with E-state index in [1.54, 1.807) is 16.9 Å². The Hall–Kier alpha value is -2.24. The Morgan fingerprint density at radius 2 is 2.35 bits per heavy atom. The average Bonchev–Trinajstić information content (AvgIpc) is 2.86. The number of aryl methyl sites for hydroxylation is 1. The molecule has 0 aliphatic heterocycles. The summed E-state index contributed by atoms with van der Waals surface area (Å²) >= 11 is 0. The van der Waals surface area contributed by atoms with Gasteiger partial charge in [-0.3, -0.25) is 4.68 Å².